The van der Waals surface area contributed by atoms with Crippen LogP contribution in [0, 0.1) is 6.92 Å². The molecule has 0 aromatic heterocycles. The lowest BCUT2D eigenvalue weighted by Crippen LogP contribution is -2.37. The highest BCUT2D eigenvalue weighted by Crippen LogP contribution is 2.54. The van der Waals surface area contributed by atoms with E-state index < -0.39 is 0 Å². The van der Waals surface area contributed by atoms with Crippen molar-refractivity contribution in [2.45, 2.75) is 46.2 Å². The van der Waals surface area contributed by atoms with E-state index in [0.717, 1.165) is 0 Å². The van der Waals surface area contributed by atoms with Crippen molar-refractivity contribution in [2.24, 2.45) is 0 Å². The molecule has 0 fully saturated rings. The molecule has 2 aliphatic rings. The first-order chi connectivity index (χ1) is 10.9. The van der Waals surface area contributed by atoms with Crippen LogP contribution in [0.15, 0.2) is 59.9 Å². The Morgan fingerprint density at radius 2 is 1.43 bits per heavy atom. The molecule has 23 heavy (non-hydrogen) atoms. The van der Waals surface area contributed by atoms with Crippen molar-refractivity contribution < 1.29 is 0 Å². The van der Waals surface area contributed by atoms with E-state index in [1.807, 2.05) is 0 Å². The van der Waals surface area contributed by atoms with Crippen LogP contribution in [0.4, 0.5) is 11.4 Å². The zero-order valence-corrected chi connectivity index (χ0v) is 14.6. The zero-order chi connectivity index (χ0) is 16.4. The molecule has 0 bridgehead atoms. The molecular formula is C21H24N2. The molecule has 2 aromatic carbocycles. The average molecular weight is 304 g/mol. The summed E-state index contributed by atoms with van der Waals surface area (Å²) in [6.07, 6.45) is 0.300. The van der Waals surface area contributed by atoms with E-state index in [4.69, 9.17) is 0 Å². The van der Waals surface area contributed by atoms with Gasteiger partial charge < -0.3 is 9.80 Å². The van der Waals surface area contributed by atoms with E-state index in [-0.39, 0.29) is 5.41 Å². The van der Waals surface area contributed by atoms with Crippen LogP contribution in [0.3, 0.4) is 0 Å². The minimum atomic E-state index is 0.0480. The Kier molecular flexibility index (Phi) is 2.90. The summed E-state index contributed by atoms with van der Waals surface area (Å²) in [6, 6.07) is 17.5. The normalized spacial score (nSPS) is 21.7. The lowest BCUT2D eigenvalue weighted by molar-refractivity contribution is 0.628. The number of rotatable bonds is 1. The molecule has 0 aliphatic carbocycles. The van der Waals surface area contributed by atoms with Crippen LogP contribution < -0.4 is 9.80 Å². The van der Waals surface area contributed by atoms with Crippen LogP contribution in [-0.4, -0.2) is 6.17 Å². The molecule has 2 aromatic rings. The molecule has 2 nitrogen and oxygen atoms in total. The van der Waals surface area contributed by atoms with Gasteiger partial charge in [0, 0.05) is 28.2 Å². The maximum absolute atomic E-state index is 2.52. The number of hydrogen-bond acceptors (Lipinski definition) is 2. The number of benzene rings is 2. The summed E-state index contributed by atoms with van der Waals surface area (Å²) in [4.78, 5) is 5.01. The van der Waals surface area contributed by atoms with E-state index in [2.05, 4.69) is 92.9 Å². The monoisotopic (exact) mass is 304 g/mol. The summed E-state index contributed by atoms with van der Waals surface area (Å²) < 4.78 is 0. The third-order valence-corrected chi connectivity index (χ3v) is 5.50. The zero-order valence-electron chi connectivity index (χ0n) is 14.6. The second-order valence-corrected chi connectivity index (χ2v) is 7.23. The van der Waals surface area contributed by atoms with Crippen molar-refractivity contribution in [1.29, 1.82) is 0 Å². The first kappa shape index (κ1) is 14.4. The van der Waals surface area contributed by atoms with Gasteiger partial charge in [0.15, 0.2) is 0 Å². The highest BCUT2D eigenvalue weighted by molar-refractivity contribution is 5.78. The van der Waals surface area contributed by atoms with Crippen LogP contribution in [0.25, 0.3) is 0 Å². The van der Waals surface area contributed by atoms with Crippen molar-refractivity contribution >= 4 is 11.4 Å². The Bertz CT molecular complexity index is 816. The lowest BCUT2D eigenvalue weighted by Gasteiger charge is -2.32. The summed E-state index contributed by atoms with van der Waals surface area (Å²) in [6.45, 7) is 11.5. The van der Waals surface area contributed by atoms with Gasteiger partial charge in [0.1, 0.15) is 6.17 Å². The molecule has 2 aliphatic heterocycles. The van der Waals surface area contributed by atoms with Crippen molar-refractivity contribution in [2.75, 3.05) is 9.80 Å². The van der Waals surface area contributed by atoms with Gasteiger partial charge in [-0.3, -0.25) is 0 Å². The molecule has 2 heterocycles. The SMILES string of the molecule is CC1=C2N(c3ccccc3C2(C)C)C(C)N1c1ccccc1C. The summed E-state index contributed by atoms with van der Waals surface area (Å²) in [5, 5.41) is 0. The minimum Gasteiger partial charge on any atom is -0.322 e. The number of hydrogen-bond donors (Lipinski definition) is 0. The third kappa shape index (κ3) is 1.75. The maximum atomic E-state index is 2.52. The molecule has 0 N–H and O–H groups in total. The molecular weight excluding hydrogens is 280 g/mol. The van der Waals surface area contributed by atoms with Crippen LogP contribution in [0.1, 0.15) is 38.8 Å². The Balaban J connectivity index is 1.93. The average Bonchev–Trinajstić information content (AvgIpc) is 2.93. The number of aryl methyl sites for hydroxylation is 1. The highest BCUT2D eigenvalue weighted by Gasteiger charge is 2.49. The Hall–Kier alpha value is -2.22. The Labute approximate surface area is 139 Å². The summed E-state index contributed by atoms with van der Waals surface area (Å²) in [5.41, 5.74) is 8.29. The van der Waals surface area contributed by atoms with Crippen molar-refractivity contribution in [3.63, 3.8) is 0 Å². The minimum absolute atomic E-state index is 0.0480. The highest BCUT2D eigenvalue weighted by atomic mass is 15.4. The van der Waals surface area contributed by atoms with Gasteiger partial charge in [-0.05, 0) is 44.0 Å². The number of fused-ring (bicyclic) bond motifs is 3. The Morgan fingerprint density at radius 3 is 2.13 bits per heavy atom. The summed E-state index contributed by atoms with van der Waals surface area (Å²) in [5.74, 6) is 0. The van der Waals surface area contributed by atoms with E-state index in [1.54, 1.807) is 0 Å². The molecule has 1 unspecified atom stereocenters. The second-order valence-electron chi connectivity index (χ2n) is 7.23. The molecule has 0 spiro atoms. The lowest BCUT2D eigenvalue weighted by atomic mass is 9.83. The molecule has 0 radical (unpaired) electrons. The molecule has 0 amide bonds. The molecule has 1 atom stereocenters. The van der Waals surface area contributed by atoms with Gasteiger partial charge >= 0.3 is 0 Å². The van der Waals surface area contributed by atoms with E-state index in [1.165, 1.54) is 33.9 Å². The van der Waals surface area contributed by atoms with Gasteiger partial charge in [-0.15, -0.1) is 0 Å². The van der Waals surface area contributed by atoms with Crippen molar-refractivity contribution in [3.8, 4) is 0 Å². The van der Waals surface area contributed by atoms with E-state index >= 15 is 0 Å². The number of para-hydroxylation sites is 2. The van der Waals surface area contributed by atoms with E-state index in [0.29, 0.717) is 6.17 Å². The summed E-state index contributed by atoms with van der Waals surface area (Å²) in [7, 11) is 0. The number of allylic oxidation sites excluding steroid dienone is 2. The van der Waals surface area contributed by atoms with Crippen molar-refractivity contribution in [1.82, 2.24) is 0 Å². The predicted molar refractivity (Wildman–Crippen MR) is 97.8 cm³/mol. The number of anilines is 2. The second kappa shape index (κ2) is 4.64. The van der Waals surface area contributed by atoms with Crippen molar-refractivity contribution in [3.05, 3.63) is 71.1 Å². The maximum Gasteiger partial charge on any atom is 0.108 e. The largest absolute Gasteiger partial charge is 0.322 e. The number of nitrogens with zero attached hydrogens (tertiary/aromatic N) is 2. The summed E-state index contributed by atoms with van der Waals surface area (Å²) >= 11 is 0. The molecule has 2 heteroatoms. The molecule has 4 rings (SSSR count). The topological polar surface area (TPSA) is 6.48 Å². The van der Waals surface area contributed by atoms with Gasteiger partial charge in [-0.2, -0.15) is 0 Å². The van der Waals surface area contributed by atoms with Gasteiger partial charge in [0.05, 0.1) is 0 Å². The van der Waals surface area contributed by atoms with Crippen LogP contribution in [0.2, 0.25) is 0 Å². The fraction of sp³-hybridized carbons (Fsp3) is 0.333. The van der Waals surface area contributed by atoms with Crippen LogP contribution in [0.5, 0.6) is 0 Å². The fourth-order valence-electron chi connectivity index (χ4n) is 4.50. The molecule has 118 valence electrons. The Morgan fingerprint density at radius 1 is 0.826 bits per heavy atom. The van der Waals surface area contributed by atoms with Gasteiger partial charge in [0.2, 0.25) is 0 Å². The van der Waals surface area contributed by atoms with Crippen LogP contribution in [-0.2, 0) is 5.41 Å². The van der Waals surface area contributed by atoms with Gasteiger partial charge in [-0.1, -0.05) is 50.2 Å². The van der Waals surface area contributed by atoms with Crippen LogP contribution >= 0.6 is 0 Å². The molecule has 0 saturated carbocycles. The quantitative estimate of drug-likeness (QED) is 0.715. The van der Waals surface area contributed by atoms with E-state index in [9.17, 15) is 0 Å². The third-order valence-electron chi connectivity index (χ3n) is 5.50. The first-order valence-corrected chi connectivity index (χ1v) is 8.39. The standard InChI is InChI=1S/C21H24N2/c1-14-10-6-8-12-18(14)22-15(2)20-21(4,5)17-11-7-9-13-19(17)23(20)16(22)3/h6-13,16H,1-5H3. The fourth-order valence-corrected chi connectivity index (χ4v) is 4.50. The van der Waals surface area contributed by atoms with Gasteiger partial charge in [0.25, 0.3) is 0 Å². The first-order valence-electron chi connectivity index (χ1n) is 8.39. The van der Waals surface area contributed by atoms with Gasteiger partial charge in [-0.25, -0.2) is 0 Å². The molecule has 0 saturated heterocycles. The smallest absolute Gasteiger partial charge is 0.108 e. The predicted octanol–water partition coefficient (Wildman–Crippen LogP) is 5.19.